The molecule has 0 heterocycles. The minimum atomic E-state index is 0.0807. The van der Waals surface area contributed by atoms with Gasteiger partial charge in [0, 0.05) is 17.8 Å². The van der Waals surface area contributed by atoms with E-state index >= 15 is 0 Å². The summed E-state index contributed by atoms with van der Waals surface area (Å²) in [5.41, 5.74) is 9.92. The zero-order valence-electron chi connectivity index (χ0n) is 8.93. The summed E-state index contributed by atoms with van der Waals surface area (Å²) in [5, 5.41) is 3.42. The Morgan fingerprint density at radius 1 is 1.36 bits per heavy atom. The number of aryl methyl sites for hydroxylation is 2. The molecule has 1 aliphatic rings. The lowest BCUT2D eigenvalue weighted by Gasteiger charge is -2.13. The Labute approximate surface area is 85.5 Å². The number of nitrogens with one attached hydrogen (secondary N) is 1. The van der Waals surface area contributed by atoms with Gasteiger partial charge in [0.05, 0.1) is 0 Å². The highest BCUT2D eigenvalue weighted by atomic mass is 15.0. The quantitative estimate of drug-likeness (QED) is 0.767. The first-order valence-corrected chi connectivity index (χ1v) is 5.19. The molecule has 0 unspecified atom stereocenters. The van der Waals surface area contributed by atoms with Gasteiger partial charge in [-0.2, -0.15) is 0 Å². The average Bonchev–Trinajstić information content (AvgIpc) is 2.83. The second-order valence-electron chi connectivity index (χ2n) is 4.53. The van der Waals surface area contributed by atoms with Crippen LogP contribution >= 0.6 is 0 Å². The van der Waals surface area contributed by atoms with Gasteiger partial charge in [-0.15, -0.1) is 0 Å². The third kappa shape index (κ3) is 2.07. The zero-order chi connectivity index (χ0) is 10.2. The molecule has 1 fully saturated rings. The van der Waals surface area contributed by atoms with Gasteiger partial charge in [-0.05, 0) is 38.3 Å². The Bertz CT molecular complexity index is 340. The molecule has 2 heteroatoms. The molecule has 0 atom stereocenters. The van der Waals surface area contributed by atoms with Gasteiger partial charge < -0.3 is 11.1 Å². The first-order valence-electron chi connectivity index (χ1n) is 5.19. The zero-order valence-corrected chi connectivity index (χ0v) is 8.93. The fourth-order valence-electron chi connectivity index (χ4n) is 1.62. The fourth-order valence-corrected chi connectivity index (χ4v) is 1.62. The van der Waals surface area contributed by atoms with Crippen molar-refractivity contribution in [2.75, 3.05) is 11.9 Å². The molecule has 2 rings (SSSR count). The lowest BCUT2D eigenvalue weighted by molar-refractivity contribution is 0.713. The average molecular weight is 190 g/mol. The van der Waals surface area contributed by atoms with Crippen LogP contribution in [0.1, 0.15) is 24.0 Å². The van der Waals surface area contributed by atoms with Crippen molar-refractivity contribution in [3.05, 3.63) is 29.3 Å². The van der Waals surface area contributed by atoms with Crippen molar-refractivity contribution in [1.29, 1.82) is 0 Å². The number of nitrogens with two attached hydrogens (primary N) is 1. The highest BCUT2D eigenvalue weighted by Gasteiger charge is 2.37. The van der Waals surface area contributed by atoms with Gasteiger partial charge in [-0.1, -0.05) is 17.7 Å². The van der Waals surface area contributed by atoms with E-state index in [2.05, 4.69) is 37.4 Å². The number of hydrogen-bond donors (Lipinski definition) is 2. The van der Waals surface area contributed by atoms with Gasteiger partial charge in [0.25, 0.3) is 0 Å². The molecule has 1 aromatic carbocycles. The summed E-state index contributed by atoms with van der Waals surface area (Å²) in [6, 6.07) is 6.46. The van der Waals surface area contributed by atoms with Crippen molar-refractivity contribution in [2.45, 2.75) is 32.2 Å². The summed E-state index contributed by atoms with van der Waals surface area (Å²) in [4.78, 5) is 0. The van der Waals surface area contributed by atoms with Crippen LogP contribution in [0.3, 0.4) is 0 Å². The Morgan fingerprint density at radius 2 is 2.07 bits per heavy atom. The molecular formula is C12H18N2. The molecule has 2 nitrogen and oxygen atoms in total. The van der Waals surface area contributed by atoms with E-state index in [0.29, 0.717) is 0 Å². The summed E-state index contributed by atoms with van der Waals surface area (Å²) in [6.07, 6.45) is 2.32. The Hall–Kier alpha value is -1.02. The van der Waals surface area contributed by atoms with Gasteiger partial charge in [-0.25, -0.2) is 0 Å². The molecule has 0 spiro atoms. The van der Waals surface area contributed by atoms with E-state index in [-0.39, 0.29) is 5.54 Å². The maximum absolute atomic E-state index is 6.01. The Balaban J connectivity index is 2.02. The van der Waals surface area contributed by atoms with Crippen molar-refractivity contribution in [3.63, 3.8) is 0 Å². The number of hydrogen-bond acceptors (Lipinski definition) is 2. The van der Waals surface area contributed by atoms with Crippen molar-refractivity contribution < 1.29 is 0 Å². The topological polar surface area (TPSA) is 38.0 Å². The fraction of sp³-hybridized carbons (Fsp3) is 0.500. The summed E-state index contributed by atoms with van der Waals surface area (Å²) < 4.78 is 0. The maximum atomic E-state index is 6.01. The molecule has 1 aromatic rings. The highest BCUT2D eigenvalue weighted by molar-refractivity contribution is 5.52. The van der Waals surface area contributed by atoms with E-state index in [0.717, 1.165) is 19.4 Å². The van der Waals surface area contributed by atoms with E-state index in [1.807, 2.05) is 0 Å². The van der Waals surface area contributed by atoms with Crippen molar-refractivity contribution in [3.8, 4) is 0 Å². The molecule has 0 radical (unpaired) electrons. The first kappa shape index (κ1) is 9.53. The van der Waals surface area contributed by atoms with Crippen molar-refractivity contribution >= 4 is 5.69 Å². The second-order valence-corrected chi connectivity index (χ2v) is 4.53. The predicted molar refractivity (Wildman–Crippen MR) is 60.6 cm³/mol. The minimum absolute atomic E-state index is 0.0807. The first-order chi connectivity index (χ1) is 6.59. The number of rotatable bonds is 3. The number of benzene rings is 1. The molecule has 0 aromatic heterocycles. The predicted octanol–water partition coefficient (Wildman–Crippen LogP) is 2.21. The van der Waals surface area contributed by atoms with Gasteiger partial charge in [0.2, 0.25) is 0 Å². The SMILES string of the molecule is Cc1ccc(NCC2(N)CC2)c(C)c1. The second kappa shape index (κ2) is 3.28. The summed E-state index contributed by atoms with van der Waals surface area (Å²) in [6.45, 7) is 5.14. The molecule has 0 bridgehead atoms. The van der Waals surface area contributed by atoms with Crippen molar-refractivity contribution in [1.82, 2.24) is 0 Å². The van der Waals surface area contributed by atoms with Crippen LogP contribution in [0.5, 0.6) is 0 Å². The van der Waals surface area contributed by atoms with Crippen LogP contribution in [0.2, 0.25) is 0 Å². The Kier molecular flexibility index (Phi) is 2.23. The van der Waals surface area contributed by atoms with Gasteiger partial charge in [0.15, 0.2) is 0 Å². The monoisotopic (exact) mass is 190 g/mol. The lowest BCUT2D eigenvalue weighted by atomic mass is 10.1. The summed E-state index contributed by atoms with van der Waals surface area (Å²) >= 11 is 0. The van der Waals surface area contributed by atoms with E-state index < -0.39 is 0 Å². The van der Waals surface area contributed by atoms with E-state index in [4.69, 9.17) is 5.73 Å². The van der Waals surface area contributed by atoms with Crippen LogP contribution in [0.25, 0.3) is 0 Å². The molecular weight excluding hydrogens is 172 g/mol. The lowest BCUT2D eigenvalue weighted by Crippen LogP contribution is -2.31. The highest BCUT2D eigenvalue weighted by Crippen LogP contribution is 2.32. The molecule has 1 saturated carbocycles. The molecule has 14 heavy (non-hydrogen) atoms. The molecule has 3 N–H and O–H groups in total. The molecule has 0 aliphatic heterocycles. The van der Waals surface area contributed by atoms with Crippen LogP contribution in [0.15, 0.2) is 18.2 Å². The van der Waals surface area contributed by atoms with Crippen LogP contribution in [0.4, 0.5) is 5.69 Å². The standard InChI is InChI=1S/C12H18N2/c1-9-3-4-11(10(2)7-9)14-8-12(13)5-6-12/h3-4,7,14H,5-6,8,13H2,1-2H3. The van der Waals surface area contributed by atoms with Gasteiger partial charge in [-0.3, -0.25) is 0 Å². The van der Waals surface area contributed by atoms with Crippen LogP contribution in [0, 0.1) is 13.8 Å². The van der Waals surface area contributed by atoms with E-state index in [1.54, 1.807) is 0 Å². The van der Waals surface area contributed by atoms with Crippen molar-refractivity contribution in [2.24, 2.45) is 5.73 Å². The minimum Gasteiger partial charge on any atom is -0.383 e. The third-order valence-corrected chi connectivity index (χ3v) is 2.91. The van der Waals surface area contributed by atoms with Crippen LogP contribution in [-0.2, 0) is 0 Å². The van der Waals surface area contributed by atoms with Gasteiger partial charge >= 0.3 is 0 Å². The van der Waals surface area contributed by atoms with Crippen LogP contribution < -0.4 is 11.1 Å². The molecule has 0 amide bonds. The molecule has 76 valence electrons. The smallest absolute Gasteiger partial charge is 0.0370 e. The Morgan fingerprint density at radius 3 is 2.64 bits per heavy atom. The molecule has 1 aliphatic carbocycles. The van der Waals surface area contributed by atoms with Crippen LogP contribution in [-0.4, -0.2) is 12.1 Å². The van der Waals surface area contributed by atoms with Gasteiger partial charge in [0.1, 0.15) is 0 Å². The normalized spacial score (nSPS) is 17.9. The number of anilines is 1. The van der Waals surface area contributed by atoms with E-state index in [9.17, 15) is 0 Å². The summed E-state index contributed by atoms with van der Waals surface area (Å²) in [5.74, 6) is 0. The third-order valence-electron chi connectivity index (χ3n) is 2.91. The molecule has 0 saturated heterocycles. The largest absolute Gasteiger partial charge is 0.383 e. The maximum Gasteiger partial charge on any atom is 0.0370 e. The van der Waals surface area contributed by atoms with E-state index in [1.165, 1.54) is 16.8 Å². The summed E-state index contributed by atoms with van der Waals surface area (Å²) in [7, 11) is 0.